The molecule has 3 rings (SSSR count). The number of hydrogen-bond donors (Lipinski definition) is 1. The van der Waals surface area contributed by atoms with Crippen molar-refractivity contribution >= 4 is 29.1 Å². The number of piperazine rings is 1. The zero-order valence-corrected chi connectivity index (χ0v) is 15.4. The summed E-state index contributed by atoms with van der Waals surface area (Å²) < 4.78 is 19.2. The van der Waals surface area contributed by atoms with E-state index < -0.39 is 23.5 Å². The van der Waals surface area contributed by atoms with E-state index in [4.69, 9.17) is 4.74 Å². The predicted molar refractivity (Wildman–Crippen MR) is 102 cm³/mol. The normalized spacial score (nSPS) is 14.2. The first kappa shape index (κ1) is 19.3. The topological polar surface area (TPSA) is 79.0 Å². The van der Waals surface area contributed by atoms with E-state index in [-0.39, 0.29) is 25.3 Å². The summed E-state index contributed by atoms with van der Waals surface area (Å²) in [6, 6.07) is 12.7. The van der Waals surface area contributed by atoms with Crippen LogP contribution in [0.15, 0.2) is 48.5 Å². The number of halogens is 1. The van der Waals surface area contributed by atoms with Crippen molar-refractivity contribution in [3.05, 3.63) is 54.3 Å². The molecular formula is C20H20FN3O4. The Balaban J connectivity index is 1.67. The van der Waals surface area contributed by atoms with Gasteiger partial charge in [0.2, 0.25) is 5.91 Å². The van der Waals surface area contributed by atoms with E-state index in [1.54, 1.807) is 30.3 Å². The van der Waals surface area contributed by atoms with E-state index >= 15 is 0 Å². The van der Waals surface area contributed by atoms with Crippen molar-refractivity contribution in [3.63, 3.8) is 0 Å². The van der Waals surface area contributed by atoms with Gasteiger partial charge < -0.3 is 15.0 Å². The molecule has 28 heavy (non-hydrogen) atoms. The molecule has 0 aliphatic carbocycles. The number of rotatable bonds is 6. The molecule has 146 valence electrons. The van der Waals surface area contributed by atoms with Crippen molar-refractivity contribution in [1.29, 1.82) is 0 Å². The van der Waals surface area contributed by atoms with Crippen LogP contribution in [-0.2, 0) is 14.4 Å². The standard InChI is InChI=1S/C20H20FN3O4/c1-2-28-17-10-6-5-9-16(17)24-12-11-23(19(26)20(24)27)13-18(25)22-15-8-4-3-7-14(15)21/h3-10H,2,11-13H2,1H3,(H,22,25). The molecule has 7 nitrogen and oxygen atoms in total. The number of hydrogen-bond acceptors (Lipinski definition) is 4. The summed E-state index contributed by atoms with van der Waals surface area (Å²) in [5.74, 6) is -2.17. The molecule has 0 atom stereocenters. The summed E-state index contributed by atoms with van der Waals surface area (Å²) in [5, 5.41) is 2.41. The molecule has 0 saturated carbocycles. The quantitative estimate of drug-likeness (QED) is 0.772. The van der Waals surface area contributed by atoms with Crippen molar-refractivity contribution in [2.45, 2.75) is 6.92 Å². The number of nitrogens with zero attached hydrogens (tertiary/aromatic N) is 2. The van der Waals surface area contributed by atoms with Gasteiger partial charge in [0.25, 0.3) is 0 Å². The van der Waals surface area contributed by atoms with Gasteiger partial charge in [-0.1, -0.05) is 24.3 Å². The molecular weight excluding hydrogens is 365 g/mol. The van der Waals surface area contributed by atoms with Gasteiger partial charge in [0.05, 0.1) is 18.0 Å². The molecule has 1 aliphatic heterocycles. The fourth-order valence-electron chi connectivity index (χ4n) is 2.94. The molecule has 0 unspecified atom stereocenters. The van der Waals surface area contributed by atoms with Crippen molar-refractivity contribution in [2.24, 2.45) is 0 Å². The average molecular weight is 385 g/mol. The Bertz CT molecular complexity index is 903. The van der Waals surface area contributed by atoms with E-state index in [1.807, 2.05) is 6.92 Å². The van der Waals surface area contributed by atoms with Crippen molar-refractivity contribution in [1.82, 2.24) is 4.90 Å². The summed E-state index contributed by atoms with van der Waals surface area (Å²) in [7, 11) is 0. The molecule has 1 N–H and O–H groups in total. The highest BCUT2D eigenvalue weighted by atomic mass is 19.1. The van der Waals surface area contributed by atoms with Gasteiger partial charge in [-0.3, -0.25) is 19.3 Å². The molecule has 0 radical (unpaired) electrons. The largest absolute Gasteiger partial charge is 0.492 e. The number of anilines is 2. The molecule has 0 spiro atoms. The number of carbonyl (C=O) groups excluding carboxylic acids is 3. The maximum absolute atomic E-state index is 13.6. The highest BCUT2D eigenvalue weighted by molar-refractivity contribution is 6.41. The fourth-order valence-corrected chi connectivity index (χ4v) is 2.94. The minimum absolute atomic E-state index is 0.0237. The molecule has 1 saturated heterocycles. The first-order chi connectivity index (χ1) is 13.5. The smallest absolute Gasteiger partial charge is 0.316 e. The van der Waals surface area contributed by atoms with Gasteiger partial charge >= 0.3 is 11.8 Å². The van der Waals surface area contributed by atoms with Crippen LogP contribution >= 0.6 is 0 Å². The zero-order chi connectivity index (χ0) is 20.1. The number of ether oxygens (including phenoxy) is 1. The predicted octanol–water partition coefficient (Wildman–Crippen LogP) is 2.04. The summed E-state index contributed by atoms with van der Waals surface area (Å²) in [5.41, 5.74) is 0.536. The lowest BCUT2D eigenvalue weighted by Gasteiger charge is -2.34. The number of benzene rings is 2. The summed E-state index contributed by atoms with van der Waals surface area (Å²) >= 11 is 0. The van der Waals surface area contributed by atoms with E-state index in [0.29, 0.717) is 18.0 Å². The second-order valence-corrected chi connectivity index (χ2v) is 6.11. The van der Waals surface area contributed by atoms with Gasteiger partial charge in [0.15, 0.2) is 0 Å². The van der Waals surface area contributed by atoms with E-state index in [9.17, 15) is 18.8 Å². The Morgan fingerprint density at radius 3 is 2.54 bits per heavy atom. The lowest BCUT2D eigenvalue weighted by Crippen LogP contribution is -2.56. The summed E-state index contributed by atoms with van der Waals surface area (Å²) in [6.45, 7) is 2.32. The Morgan fingerprint density at radius 1 is 1.07 bits per heavy atom. The lowest BCUT2D eigenvalue weighted by molar-refractivity contribution is -0.147. The molecule has 0 aromatic heterocycles. The van der Waals surface area contributed by atoms with Crippen LogP contribution in [0.1, 0.15) is 6.92 Å². The second kappa shape index (κ2) is 8.51. The van der Waals surface area contributed by atoms with E-state index in [2.05, 4.69) is 5.32 Å². The minimum Gasteiger partial charge on any atom is -0.492 e. The monoisotopic (exact) mass is 385 g/mol. The Hall–Kier alpha value is -3.42. The van der Waals surface area contributed by atoms with Gasteiger partial charge in [-0.25, -0.2) is 4.39 Å². The third kappa shape index (κ3) is 4.11. The number of para-hydroxylation sites is 3. The van der Waals surface area contributed by atoms with Gasteiger partial charge in [-0.2, -0.15) is 0 Å². The lowest BCUT2D eigenvalue weighted by atomic mass is 10.2. The number of amides is 3. The molecule has 1 aliphatic rings. The number of nitrogens with one attached hydrogen (secondary N) is 1. The molecule has 2 aromatic rings. The highest BCUT2D eigenvalue weighted by Crippen LogP contribution is 2.29. The second-order valence-electron chi connectivity index (χ2n) is 6.11. The summed E-state index contributed by atoms with van der Waals surface area (Å²) in [4.78, 5) is 39.7. The third-order valence-electron chi connectivity index (χ3n) is 4.25. The first-order valence-electron chi connectivity index (χ1n) is 8.88. The van der Waals surface area contributed by atoms with Gasteiger partial charge in [0, 0.05) is 13.1 Å². The molecule has 3 amide bonds. The minimum atomic E-state index is -0.791. The molecule has 2 aromatic carbocycles. The van der Waals surface area contributed by atoms with E-state index in [0.717, 1.165) is 4.90 Å². The van der Waals surface area contributed by atoms with Crippen LogP contribution in [0.5, 0.6) is 5.75 Å². The number of carbonyl (C=O) groups is 3. The van der Waals surface area contributed by atoms with Crippen molar-refractivity contribution < 1.29 is 23.5 Å². The molecule has 1 fully saturated rings. The average Bonchev–Trinajstić information content (AvgIpc) is 2.68. The van der Waals surface area contributed by atoms with Crippen LogP contribution < -0.4 is 15.0 Å². The SMILES string of the molecule is CCOc1ccccc1N1CCN(CC(=O)Nc2ccccc2F)C(=O)C1=O. The maximum atomic E-state index is 13.6. The van der Waals surface area contributed by atoms with Gasteiger partial charge in [-0.05, 0) is 31.2 Å². The van der Waals surface area contributed by atoms with Crippen LogP contribution in [-0.4, -0.2) is 48.9 Å². The van der Waals surface area contributed by atoms with E-state index in [1.165, 1.54) is 23.1 Å². The van der Waals surface area contributed by atoms with Crippen molar-refractivity contribution in [2.75, 3.05) is 36.5 Å². The fraction of sp³-hybridized carbons (Fsp3) is 0.250. The molecule has 0 bridgehead atoms. The Morgan fingerprint density at radius 2 is 1.79 bits per heavy atom. The van der Waals surface area contributed by atoms with Crippen LogP contribution in [0.4, 0.5) is 15.8 Å². The van der Waals surface area contributed by atoms with Crippen molar-refractivity contribution in [3.8, 4) is 5.75 Å². The summed E-state index contributed by atoms with van der Waals surface area (Å²) in [6.07, 6.45) is 0. The van der Waals surface area contributed by atoms with Crippen LogP contribution in [0.2, 0.25) is 0 Å². The Kier molecular flexibility index (Phi) is 5.88. The Labute approximate surface area is 161 Å². The van der Waals surface area contributed by atoms with Gasteiger partial charge in [0.1, 0.15) is 18.1 Å². The molecule has 8 heteroatoms. The third-order valence-corrected chi connectivity index (χ3v) is 4.25. The van der Waals surface area contributed by atoms with Gasteiger partial charge in [-0.15, -0.1) is 0 Å². The zero-order valence-electron chi connectivity index (χ0n) is 15.4. The highest BCUT2D eigenvalue weighted by Gasteiger charge is 2.35. The van der Waals surface area contributed by atoms with Crippen LogP contribution in [0, 0.1) is 5.82 Å². The van der Waals surface area contributed by atoms with Crippen LogP contribution in [0.25, 0.3) is 0 Å². The molecule has 1 heterocycles. The maximum Gasteiger partial charge on any atom is 0.316 e. The van der Waals surface area contributed by atoms with Crippen LogP contribution in [0.3, 0.4) is 0 Å². The first-order valence-corrected chi connectivity index (χ1v) is 8.88.